The topological polar surface area (TPSA) is 104 Å². The zero-order valence-electron chi connectivity index (χ0n) is 17.7. The Labute approximate surface area is 181 Å². The zero-order valence-corrected chi connectivity index (χ0v) is 17.7. The van der Waals surface area contributed by atoms with Crippen LogP contribution in [0.1, 0.15) is 5.56 Å². The predicted octanol–water partition coefficient (Wildman–Crippen LogP) is 1.38. The summed E-state index contributed by atoms with van der Waals surface area (Å²) in [4.78, 5) is 25.0. The van der Waals surface area contributed by atoms with Crippen molar-refractivity contribution in [1.82, 2.24) is 20.2 Å². The molecule has 1 aromatic carbocycles. The number of benzene rings is 1. The summed E-state index contributed by atoms with van der Waals surface area (Å²) in [6, 6.07) is 9.42. The number of hydrogen-bond donors (Lipinski definition) is 1. The number of aromatic nitrogens is 2. The number of nitrogens with one attached hydrogen (secondary N) is 1. The van der Waals surface area contributed by atoms with E-state index in [9.17, 15) is 10.1 Å². The Bertz CT molecular complexity index is 949. The molecule has 1 aromatic heterocycles. The minimum atomic E-state index is -0.378. The van der Waals surface area contributed by atoms with Crippen molar-refractivity contribution in [3.63, 3.8) is 0 Å². The van der Waals surface area contributed by atoms with Gasteiger partial charge in [0.15, 0.2) is 11.5 Å². The molecular weight excluding hydrogens is 396 g/mol. The van der Waals surface area contributed by atoms with Gasteiger partial charge in [0.25, 0.3) is 5.91 Å². The van der Waals surface area contributed by atoms with E-state index in [1.165, 1.54) is 0 Å². The Hall–Kier alpha value is -3.80. The molecule has 1 N–H and O–H groups in total. The lowest BCUT2D eigenvalue weighted by atomic mass is 10.1. The third-order valence-corrected chi connectivity index (χ3v) is 4.97. The molecule has 0 unspecified atom stereocenters. The van der Waals surface area contributed by atoms with E-state index in [0.717, 1.165) is 18.7 Å². The Morgan fingerprint density at radius 2 is 1.87 bits per heavy atom. The predicted molar refractivity (Wildman–Crippen MR) is 116 cm³/mol. The number of carbonyl (C=O) groups excluding carboxylic acids is 1. The number of nitriles is 1. The van der Waals surface area contributed by atoms with Crippen LogP contribution in [0.5, 0.6) is 11.5 Å². The summed E-state index contributed by atoms with van der Waals surface area (Å²) in [5.74, 6) is 1.62. The first-order valence-electron chi connectivity index (χ1n) is 10.0. The highest BCUT2D eigenvalue weighted by Crippen LogP contribution is 2.27. The van der Waals surface area contributed by atoms with Crippen LogP contribution in [0.4, 0.5) is 5.95 Å². The molecule has 1 aliphatic heterocycles. The summed E-state index contributed by atoms with van der Waals surface area (Å²) in [7, 11) is 3.17. The zero-order chi connectivity index (χ0) is 22.1. The molecule has 3 rings (SSSR count). The van der Waals surface area contributed by atoms with E-state index in [1.807, 2.05) is 29.2 Å². The van der Waals surface area contributed by atoms with Gasteiger partial charge in [-0.3, -0.25) is 4.79 Å². The van der Waals surface area contributed by atoms with Crippen molar-refractivity contribution in [2.24, 2.45) is 0 Å². The van der Waals surface area contributed by atoms with Crippen molar-refractivity contribution in [3.8, 4) is 17.6 Å². The van der Waals surface area contributed by atoms with E-state index in [1.54, 1.807) is 38.9 Å². The molecule has 1 saturated heterocycles. The number of carbonyl (C=O) groups is 1. The van der Waals surface area contributed by atoms with Crippen LogP contribution in [0, 0.1) is 11.3 Å². The van der Waals surface area contributed by atoms with Gasteiger partial charge in [0, 0.05) is 51.3 Å². The molecule has 2 heterocycles. The SMILES string of the molecule is COc1ccc(CCNC(=O)/C(C#N)=C\N2CCN(c3ncccn3)CC2)cc1OC. The molecule has 31 heavy (non-hydrogen) atoms. The van der Waals surface area contributed by atoms with Crippen molar-refractivity contribution < 1.29 is 14.3 Å². The van der Waals surface area contributed by atoms with Crippen LogP contribution in [-0.2, 0) is 11.2 Å². The minimum Gasteiger partial charge on any atom is -0.493 e. The van der Waals surface area contributed by atoms with Gasteiger partial charge >= 0.3 is 0 Å². The van der Waals surface area contributed by atoms with E-state index in [0.29, 0.717) is 43.5 Å². The Morgan fingerprint density at radius 1 is 1.16 bits per heavy atom. The maximum absolute atomic E-state index is 12.4. The van der Waals surface area contributed by atoms with Crippen LogP contribution < -0.4 is 19.7 Å². The maximum atomic E-state index is 12.4. The largest absolute Gasteiger partial charge is 0.493 e. The third-order valence-electron chi connectivity index (χ3n) is 4.97. The lowest BCUT2D eigenvalue weighted by molar-refractivity contribution is -0.117. The molecule has 0 atom stereocenters. The van der Waals surface area contributed by atoms with Crippen molar-refractivity contribution in [1.29, 1.82) is 5.26 Å². The molecule has 2 aromatic rings. The molecule has 162 valence electrons. The van der Waals surface area contributed by atoms with Gasteiger partial charge in [-0.25, -0.2) is 9.97 Å². The van der Waals surface area contributed by atoms with E-state index >= 15 is 0 Å². The second-order valence-corrected chi connectivity index (χ2v) is 6.92. The molecule has 0 bridgehead atoms. The molecule has 9 nitrogen and oxygen atoms in total. The Balaban J connectivity index is 1.50. The molecule has 1 fully saturated rings. The first-order chi connectivity index (χ1) is 15.1. The summed E-state index contributed by atoms with van der Waals surface area (Å²) >= 11 is 0. The number of methoxy groups -OCH3 is 2. The number of anilines is 1. The quantitative estimate of drug-likeness (QED) is 0.503. The fourth-order valence-corrected chi connectivity index (χ4v) is 3.28. The van der Waals surface area contributed by atoms with Crippen LogP contribution in [0.3, 0.4) is 0 Å². The van der Waals surface area contributed by atoms with Crippen molar-refractivity contribution in [2.45, 2.75) is 6.42 Å². The molecule has 0 saturated carbocycles. The number of amides is 1. The van der Waals surface area contributed by atoms with E-state index in [4.69, 9.17) is 9.47 Å². The van der Waals surface area contributed by atoms with Crippen LogP contribution in [0.2, 0.25) is 0 Å². The van der Waals surface area contributed by atoms with Gasteiger partial charge < -0.3 is 24.6 Å². The lowest BCUT2D eigenvalue weighted by Gasteiger charge is -2.34. The Morgan fingerprint density at radius 3 is 2.52 bits per heavy atom. The van der Waals surface area contributed by atoms with Crippen molar-refractivity contribution >= 4 is 11.9 Å². The summed E-state index contributed by atoms with van der Waals surface area (Å²) in [5, 5.41) is 12.2. The number of hydrogen-bond acceptors (Lipinski definition) is 8. The molecular formula is C22H26N6O3. The highest BCUT2D eigenvalue weighted by Gasteiger charge is 2.18. The maximum Gasteiger partial charge on any atom is 0.263 e. The molecule has 0 aliphatic carbocycles. The molecule has 0 radical (unpaired) electrons. The van der Waals surface area contributed by atoms with Gasteiger partial charge in [-0.05, 0) is 30.2 Å². The molecule has 1 aliphatic rings. The molecule has 9 heteroatoms. The van der Waals surface area contributed by atoms with Gasteiger partial charge in [0.2, 0.25) is 5.95 Å². The Kier molecular flexibility index (Phi) is 7.65. The minimum absolute atomic E-state index is 0.0942. The van der Waals surface area contributed by atoms with Crippen LogP contribution in [0.15, 0.2) is 48.4 Å². The standard InChI is InChI=1S/C22H26N6O3/c1-30-19-5-4-17(14-20(19)31-2)6-9-24-21(29)18(15-23)16-27-10-12-28(13-11-27)22-25-7-3-8-26-22/h3-5,7-8,14,16H,6,9-13H2,1-2H3,(H,24,29)/b18-16-. The smallest absolute Gasteiger partial charge is 0.263 e. The number of nitrogens with zero attached hydrogens (tertiary/aromatic N) is 5. The second kappa shape index (κ2) is 10.8. The summed E-state index contributed by atoms with van der Waals surface area (Å²) in [5.41, 5.74) is 1.09. The van der Waals surface area contributed by atoms with Crippen LogP contribution in [0.25, 0.3) is 0 Å². The van der Waals surface area contributed by atoms with Gasteiger partial charge in [-0.1, -0.05) is 6.07 Å². The van der Waals surface area contributed by atoms with Gasteiger partial charge in [0.05, 0.1) is 14.2 Å². The highest BCUT2D eigenvalue weighted by atomic mass is 16.5. The van der Waals surface area contributed by atoms with Crippen molar-refractivity contribution in [2.75, 3.05) is 51.8 Å². The number of ether oxygens (including phenoxy) is 2. The third kappa shape index (κ3) is 5.85. The average molecular weight is 422 g/mol. The highest BCUT2D eigenvalue weighted by molar-refractivity contribution is 5.97. The summed E-state index contributed by atoms with van der Waals surface area (Å²) in [6.45, 7) is 3.22. The lowest BCUT2D eigenvalue weighted by Crippen LogP contribution is -2.45. The van der Waals surface area contributed by atoms with Crippen LogP contribution in [-0.4, -0.2) is 67.7 Å². The fourth-order valence-electron chi connectivity index (χ4n) is 3.28. The van der Waals surface area contributed by atoms with E-state index < -0.39 is 0 Å². The van der Waals surface area contributed by atoms with E-state index in [2.05, 4.69) is 20.2 Å². The van der Waals surface area contributed by atoms with E-state index in [-0.39, 0.29) is 11.5 Å². The average Bonchev–Trinajstić information content (AvgIpc) is 2.83. The molecule has 1 amide bonds. The van der Waals surface area contributed by atoms with Gasteiger partial charge in [0.1, 0.15) is 11.6 Å². The number of rotatable bonds is 8. The monoisotopic (exact) mass is 422 g/mol. The summed E-state index contributed by atoms with van der Waals surface area (Å²) in [6.07, 6.45) is 5.68. The van der Waals surface area contributed by atoms with Gasteiger partial charge in [-0.2, -0.15) is 5.26 Å². The first kappa shape index (κ1) is 21.9. The van der Waals surface area contributed by atoms with Crippen LogP contribution >= 0.6 is 0 Å². The summed E-state index contributed by atoms with van der Waals surface area (Å²) < 4.78 is 10.5. The fraction of sp³-hybridized carbons (Fsp3) is 0.364. The number of piperazine rings is 1. The normalized spacial score (nSPS) is 14.0. The first-order valence-corrected chi connectivity index (χ1v) is 10.0. The van der Waals surface area contributed by atoms with Crippen molar-refractivity contribution in [3.05, 3.63) is 54.0 Å². The molecule has 0 spiro atoms. The van der Waals surface area contributed by atoms with Gasteiger partial charge in [-0.15, -0.1) is 0 Å². The second-order valence-electron chi connectivity index (χ2n) is 6.92.